The van der Waals surface area contributed by atoms with Crippen LogP contribution in [0.15, 0.2) is 30.3 Å². The number of quaternary nitrogens is 1. The van der Waals surface area contributed by atoms with Crippen molar-refractivity contribution in [2.75, 3.05) is 21.1 Å². The Morgan fingerprint density at radius 1 is 1.21 bits per heavy atom. The van der Waals surface area contributed by atoms with Gasteiger partial charge in [-0.15, -0.1) is 0 Å². The summed E-state index contributed by atoms with van der Waals surface area (Å²) in [6.45, 7) is 1.10. The summed E-state index contributed by atoms with van der Waals surface area (Å²) in [5, 5.41) is 0. The monoisotopic (exact) mass is 228 g/mol. The fourth-order valence-electron chi connectivity index (χ4n) is 1.13. The molecule has 2 nitrogen and oxygen atoms in total. The zero-order chi connectivity index (χ0) is 11.0. The average molecular weight is 229 g/mol. The van der Waals surface area contributed by atoms with E-state index in [0.717, 1.165) is 11.0 Å². The Morgan fingerprint density at radius 3 is 2.00 bits per heavy atom. The van der Waals surface area contributed by atoms with Crippen molar-refractivity contribution in [2.45, 2.75) is 6.54 Å². The summed E-state index contributed by atoms with van der Waals surface area (Å²) < 4.78 is 9.77. The molecule has 0 bridgehead atoms. The molecule has 0 atom stereocenters. The van der Waals surface area contributed by atoms with Crippen LogP contribution in [-0.2, 0) is 10.3 Å². The van der Waals surface area contributed by atoms with Gasteiger partial charge in [0.25, 0.3) is 0 Å². The zero-order valence-corrected chi connectivity index (χ0v) is 10.8. The Hall–Kier alpha value is -0.198. The fourth-order valence-corrected chi connectivity index (χ4v) is 1.13. The van der Waals surface area contributed by atoms with Crippen LogP contribution < -0.4 is 0 Å². The minimum absolute atomic E-state index is 0.990. The van der Waals surface area contributed by atoms with Crippen LogP contribution in [0.25, 0.3) is 0 Å². The molecule has 4 heteroatoms. The molecule has 0 aliphatic rings. The van der Waals surface area contributed by atoms with Crippen LogP contribution in [0.3, 0.4) is 0 Å². The van der Waals surface area contributed by atoms with E-state index in [1.807, 2.05) is 0 Å². The second-order valence-electron chi connectivity index (χ2n) is 4.02. The van der Waals surface area contributed by atoms with Gasteiger partial charge in [-0.3, -0.25) is 0 Å². The first-order valence-corrected chi connectivity index (χ1v) is 6.59. The van der Waals surface area contributed by atoms with E-state index in [0.29, 0.717) is 0 Å². The van der Waals surface area contributed by atoms with Crippen molar-refractivity contribution in [2.24, 2.45) is 0 Å². The SMILES string of the molecule is C[N+](C)(C)Cc1ccccc1.[O]=[Al][Cl]. The molecule has 0 heterocycles. The molecule has 0 aliphatic heterocycles. The van der Waals surface area contributed by atoms with Crippen molar-refractivity contribution in [3.63, 3.8) is 0 Å². The fraction of sp³-hybridized carbons (Fsp3) is 0.400. The van der Waals surface area contributed by atoms with Gasteiger partial charge in [0.15, 0.2) is 0 Å². The van der Waals surface area contributed by atoms with Crippen LogP contribution in [0.5, 0.6) is 0 Å². The Morgan fingerprint density at radius 2 is 1.64 bits per heavy atom. The molecule has 0 radical (unpaired) electrons. The summed E-state index contributed by atoms with van der Waals surface area (Å²) in [5.74, 6) is 0. The van der Waals surface area contributed by atoms with E-state index in [2.05, 4.69) is 61.5 Å². The van der Waals surface area contributed by atoms with Gasteiger partial charge in [0.1, 0.15) is 6.54 Å². The number of rotatable bonds is 2. The van der Waals surface area contributed by atoms with Crippen molar-refractivity contribution < 1.29 is 8.29 Å². The Balaban J connectivity index is 0.000000500. The van der Waals surface area contributed by atoms with Gasteiger partial charge in [-0.2, -0.15) is 0 Å². The van der Waals surface area contributed by atoms with Gasteiger partial charge in [0.05, 0.1) is 21.1 Å². The quantitative estimate of drug-likeness (QED) is 0.560. The first kappa shape index (κ1) is 13.8. The van der Waals surface area contributed by atoms with Crippen LogP contribution in [0.1, 0.15) is 5.56 Å². The Labute approximate surface area is 96.2 Å². The van der Waals surface area contributed by atoms with E-state index >= 15 is 0 Å². The molecule has 0 fully saturated rings. The molecule has 0 saturated heterocycles. The maximum absolute atomic E-state index is 8.78. The first-order valence-electron chi connectivity index (χ1n) is 4.38. The molecule has 1 aromatic carbocycles. The molecular weight excluding hydrogens is 213 g/mol. The second kappa shape index (κ2) is 7.14. The van der Waals surface area contributed by atoms with Crippen LogP contribution in [-0.4, -0.2) is 39.9 Å². The van der Waals surface area contributed by atoms with Crippen molar-refractivity contribution in [3.8, 4) is 0 Å². The Kier molecular flexibility index (Phi) is 7.04. The van der Waals surface area contributed by atoms with Crippen molar-refractivity contribution in [3.05, 3.63) is 35.9 Å². The minimum atomic E-state index is -1.03. The number of hydrogen-bond acceptors (Lipinski definition) is 1. The van der Waals surface area contributed by atoms with Gasteiger partial charge in [-0.05, 0) is 0 Å². The van der Waals surface area contributed by atoms with Gasteiger partial charge in [-0.1, -0.05) is 30.3 Å². The predicted octanol–water partition coefficient (Wildman–Crippen LogP) is 2.08. The maximum atomic E-state index is 8.78. The van der Waals surface area contributed by atoms with Crippen LogP contribution in [0.4, 0.5) is 0 Å². The molecule has 0 N–H and O–H groups in total. The topological polar surface area (TPSA) is 17.1 Å². The molecule has 0 spiro atoms. The summed E-state index contributed by atoms with van der Waals surface area (Å²) >= 11 is -1.03. The molecule has 14 heavy (non-hydrogen) atoms. The van der Waals surface area contributed by atoms with Crippen molar-refractivity contribution in [1.29, 1.82) is 0 Å². The molecule has 0 unspecified atom stereocenters. The molecule has 0 amide bonds. The summed E-state index contributed by atoms with van der Waals surface area (Å²) in [4.78, 5) is 0. The predicted molar refractivity (Wildman–Crippen MR) is 60.5 cm³/mol. The summed E-state index contributed by atoms with van der Waals surface area (Å²) in [7, 11) is 11.1. The van der Waals surface area contributed by atoms with E-state index in [1.54, 1.807) is 0 Å². The molecule has 1 aromatic rings. The van der Waals surface area contributed by atoms with E-state index in [9.17, 15) is 0 Å². The van der Waals surface area contributed by atoms with Crippen molar-refractivity contribution >= 4 is 24.3 Å². The molecule has 1 rings (SSSR count). The Bertz CT molecular complexity index is 259. The number of halogens is 1. The van der Waals surface area contributed by atoms with Gasteiger partial charge in [0, 0.05) is 5.56 Å². The number of nitrogens with zero attached hydrogens (tertiary/aromatic N) is 1. The molecule has 0 saturated carbocycles. The van der Waals surface area contributed by atoms with Crippen molar-refractivity contribution in [1.82, 2.24) is 0 Å². The number of benzene rings is 1. The van der Waals surface area contributed by atoms with E-state index in [4.69, 9.17) is 3.80 Å². The molecular formula is C10H16AlClNO+. The van der Waals surface area contributed by atoms with Gasteiger partial charge < -0.3 is 4.48 Å². The summed E-state index contributed by atoms with van der Waals surface area (Å²) in [6, 6.07) is 10.6. The van der Waals surface area contributed by atoms with Crippen LogP contribution >= 0.6 is 10.0 Å². The van der Waals surface area contributed by atoms with E-state index < -0.39 is 14.2 Å². The number of hydrogen-bond donors (Lipinski definition) is 0. The second-order valence-corrected chi connectivity index (χ2v) is 4.74. The van der Waals surface area contributed by atoms with E-state index in [1.165, 1.54) is 5.56 Å². The van der Waals surface area contributed by atoms with Gasteiger partial charge >= 0.3 is 28.1 Å². The summed E-state index contributed by atoms with van der Waals surface area (Å²) in [5.41, 5.74) is 1.40. The normalized spacial score (nSPS) is 9.71. The molecule has 0 aromatic heterocycles. The third-order valence-electron chi connectivity index (χ3n) is 1.50. The van der Waals surface area contributed by atoms with E-state index in [-0.39, 0.29) is 0 Å². The molecule has 76 valence electrons. The average Bonchev–Trinajstić information content (AvgIpc) is 2.04. The summed E-state index contributed by atoms with van der Waals surface area (Å²) in [6.07, 6.45) is 0. The first-order chi connectivity index (χ1) is 6.49. The van der Waals surface area contributed by atoms with Gasteiger partial charge in [0.2, 0.25) is 0 Å². The zero-order valence-electron chi connectivity index (χ0n) is 8.90. The third-order valence-corrected chi connectivity index (χ3v) is 1.50. The van der Waals surface area contributed by atoms with Gasteiger partial charge in [-0.25, -0.2) is 0 Å². The standard InChI is InChI=1S/C10H16N.Al.ClH.O/c1-11(2,3)9-10-7-5-4-6-8-10;;;/h4-8H,9H2,1-3H3;;1H;/q2*+1;;/p-1. The molecule has 0 aliphatic carbocycles. The third kappa shape index (κ3) is 8.40. The van der Waals surface area contributed by atoms with Crippen LogP contribution in [0.2, 0.25) is 0 Å². The van der Waals surface area contributed by atoms with Crippen LogP contribution in [0, 0.1) is 0 Å².